The molecule has 1 aromatic heterocycles. The Bertz CT molecular complexity index is 450. The average Bonchev–Trinajstić information content (AvgIpc) is 2.39. The van der Waals surface area contributed by atoms with Gasteiger partial charge in [-0.2, -0.15) is 4.57 Å². The van der Waals surface area contributed by atoms with Crippen molar-refractivity contribution in [2.45, 2.75) is 13.5 Å². The highest BCUT2D eigenvalue weighted by molar-refractivity contribution is 6.14. The smallest absolute Gasteiger partial charge is 0.345 e. The van der Waals surface area contributed by atoms with Crippen LogP contribution in [0.25, 0.3) is 0 Å². The van der Waals surface area contributed by atoms with Gasteiger partial charge in [0.15, 0.2) is 18.9 Å². The molecule has 18 heavy (non-hydrogen) atoms. The number of rotatable bonds is 4. The first-order chi connectivity index (χ1) is 8.60. The number of esters is 2. The SMILES string of the molecule is COC(=O)C(C(=O)OC)=C(C)C[n+]1ccncc1. The van der Waals surface area contributed by atoms with Gasteiger partial charge in [0.05, 0.1) is 26.6 Å². The average molecular weight is 251 g/mol. The molecule has 1 rings (SSSR count). The highest BCUT2D eigenvalue weighted by atomic mass is 16.5. The molecule has 0 saturated heterocycles. The van der Waals surface area contributed by atoms with Crippen LogP contribution < -0.4 is 4.57 Å². The predicted molar refractivity (Wildman–Crippen MR) is 61.2 cm³/mol. The van der Waals surface area contributed by atoms with Crippen LogP contribution in [-0.4, -0.2) is 31.1 Å². The quantitative estimate of drug-likeness (QED) is 0.248. The Hall–Kier alpha value is -2.24. The Morgan fingerprint density at radius 1 is 1.11 bits per heavy atom. The maximum absolute atomic E-state index is 11.5. The lowest BCUT2D eigenvalue weighted by Gasteiger charge is -2.06. The van der Waals surface area contributed by atoms with Crippen molar-refractivity contribution in [3.8, 4) is 0 Å². The van der Waals surface area contributed by atoms with Gasteiger partial charge in [0.1, 0.15) is 5.57 Å². The molecular weight excluding hydrogens is 236 g/mol. The molecule has 0 bridgehead atoms. The third kappa shape index (κ3) is 3.38. The zero-order chi connectivity index (χ0) is 13.5. The molecule has 6 heteroatoms. The summed E-state index contributed by atoms with van der Waals surface area (Å²) in [4.78, 5) is 27.0. The van der Waals surface area contributed by atoms with Crippen molar-refractivity contribution in [3.05, 3.63) is 35.9 Å². The van der Waals surface area contributed by atoms with E-state index in [0.717, 1.165) is 0 Å². The maximum Gasteiger partial charge on any atom is 0.345 e. The molecule has 0 aliphatic rings. The number of hydrogen-bond acceptors (Lipinski definition) is 5. The summed E-state index contributed by atoms with van der Waals surface area (Å²) in [5.74, 6) is -1.40. The third-order valence-corrected chi connectivity index (χ3v) is 2.31. The van der Waals surface area contributed by atoms with E-state index in [1.54, 1.807) is 36.3 Å². The fourth-order valence-corrected chi connectivity index (χ4v) is 1.44. The van der Waals surface area contributed by atoms with Crippen LogP contribution >= 0.6 is 0 Å². The lowest BCUT2D eigenvalue weighted by molar-refractivity contribution is -0.689. The highest BCUT2D eigenvalue weighted by Crippen LogP contribution is 2.08. The monoisotopic (exact) mass is 251 g/mol. The van der Waals surface area contributed by atoms with Crippen LogP contribution in [0.2, 0.25) is 0 Å². The zero-order valence-electron chi connectivity index (χ0n) is 10.5. The van der Waals surface area contributed by atoms with E-state index in [9.17, 15) is 9.59 Å². The van der Waals surface area contributed by atoms with Gasteiger partial charge >= 0.3 is 11.9 Å². The van der Waals surface area contributed by atoms with Crippen molar-refractivity contribution >= 4 is 11.9 Å². The second-order valence-corrected chi connectivity index (χ2v) is 3.56. The van der Waals surface area contributed by atoms with Crippen LogP contribution in [-0.2, 0) is 25.6 Å². The molecule has 0 atom stereocenters. The Morgan fingerprint density at radius 3 is 2.06 bits per heavy atom. The molecule has 0 amide bonds. The van der Waals surface area contributed by atoms with Gasteiger partial charge < -0.3 is 9.47 Å². The van der Waals surface area contributed by atoms with E-state index in [4.69, 9.17) is 0 Å². The zero-order valence-corrected chi connectivity index (χ0v) is 10.5. The van der Waals surface area contributed by atoms with Crippen LogP contribution in [0.3, 0.4) is 0 Å². The largest absolute Gasteiger partial charge is 0.465 e. The standard InChI is InChI=1S/C12H15N2O4/c1-9(8-14-6-4-13-5-7-14)10(11(15)17-2)12(16)18-3/h4-7H,8H2,1-3H3/q+1. The number of carbonyl (C=O) groups excluding carboxylic acids is 2. The molecule has 1 aromatic rings. The molecule has 0 radical (unpaired) electrons. The summed E-state index contributed by atoms with van der Waals surface area (Å²) in [7, 11) is 2.44. The number of methoxy groups -OCH3 is 2. The number of nitrogens with zero attached hydrogens (tertiary/aromatic N) is 2. The molecule has 0 fully saturated rings. The summed E-state index contributed by atoms with van der Waals surface area (Å²) < 4.78 is 10.9. The minimum Gasteiger partial charge on any atom is -0.465 e. The second kappa shape index (κ2) is 6.48. The molecule has 0 N–H and O–H groups in total. The first-order valence-corrected chi connectivity index (χ1v) is 5.25. The van der Waals surface area contributed by atoms with E-state index in [1.807, 2.05) is 0 Å². The minimum absolute atomic E-state index is 0.0793. The number of hydrogen-bond donors (Lipinski definition) is 0. The van der Waals surface area contributed by atoms with Gasteiger partial charge in [0.25, 0.3) is 0 Å². The molecule has 0 unspecified atom stereocenters. The molecule has 0 saturated carbocycles. The molecule has 0 spiro atoms. The summed E-state index contributed by atoms with van der Waals surface area (Å²) in [6.07, 6.45) is 6.69. The normalized spacial score (nSPS) is 9.50. The topological polar surface area (TPSA) is 69.4 Å². The van der Waals surface area contributed by atoms with Gasteiger partial charge in [0.2, 0.25) is 0 Å². The van der Waals surface area contributed by atoms with Crippen molar-refractivity contribution in [1.29, 1.82) is 0 Å². The maximum atomic E-state index is 11.5. The van der Waals surface area contributed by atoms with E-state index in [-0.39, 0.29) is 5.57 Å². The fourth-order valence-electron chi connectivity index (χ4n) is 1.44. The molecular formula is C12H15N2O4+. The Labute approximate surface area is 105 Å². The Morgan fingerprint density at radius 2 is 1.61 bits per heavy atom. The minimum atomic E-state index is -0.700. The first kappa shape index (κ1) is 13.8. The fraction of sp³-hybridized carbons (Fsp3) is 0.333. The first-order valence-electron chi connectivity index (χ1n) is 5.25. The van der Waals surface area contributed by atoms with Crippen LogP contribution in [0.4, 0.5) is 0 Å². The van der Waals surface area contributed by atoms with Crippen LogP contribution in [0.1, 0.15) is 6.92 Å². The molecule has 0 aromatic carbocycles. The molecule has 0 aliphatic carbocycles. The number of ether oxygens (including phenoxy) is 2. The summed E-state index contributed by atoms with van der Waals surface area (Å²) in [5.41, 5.74) is 0.481. The van der Waals surface area contributed by atoms with E-state index in [0.29, 0.717) is 12.1 Å². The van der Waals surface area contributed by atoms with E-state index < -0.39 is 11.9 Å². The Balaban J connectivity index is 3.04. The summed E-state index contributed by atoms with van der Waals surface area (Å²) in [6.45, 7) is 2.05. The van der Waals surface area contributed by atoms with Gasteiger partial charge in [-0.25, -0.2) is 9.59 Å². The third-order valence-electron chi connectivity index (χ3n) is 2.31. The molecule has 96 valence electrons. The van der Waals surface area contributed by atoms with Crippen molar-refractivity contribution in [1.82, 2.24) is 4.98 Å². The highest BCUT2D eigenvalue weighted by Gasteiger charge is 2.24. The van der Waals surface area contributed by atoms with Gasteiger partial charge in [-0.05, 0) is 6.92 Å². The van der Waals surface area contributed by atoms with Gasteiger partial charge in [0, 0.05) is 5.57 Å². The van der Waals surface area contributed by atoms with Crippen molar-refractivity contribution in [2.24, 2.45) is 0 Å². The van der Waals surface area contributed by atoms with Gasteiger partial charge in [-0.3, -0.25) is 4.98 Å². The molecule has 0 aliphatic heterocycles. The van der Waals surface area contributed by atoms with Gasteiger partial charge in [-0.1, -0.05) is 0 Å². The molecule has 1 heterocycles. The lowest BCUT2D eigenvalue weighted by atomic mass is 10.1. The summed E-state index contributed by atoms with van der Waals surface area (Å²) in [6, 6.07) is 0. The number of allylic oxidation sites excluding steroid dienone is 1. The van der Waals surface area contributed by atoms with Crippen molar-refractivity contribution in [2.75, 3.05) is 14.2 Å². The van der Waals surface area contributed by atoms with Gasteiger partial charge in [-0.15, -0.1) is 0 Å². The van der Waals surface area contributed by atoms with Crippen LogP contribution in [0, 0.1) is 0 Å². The van der Waals surface area contributed by atoms with E-state index in [2.05, 4.69) is 14.5 Å². The van der Waals surface area contributed by atoms with Crippen molar-refractivity contribution in [3.63, 3.8) is 0 Å². The van der Waals surface area contributed by atoms with E-state index in [1.165, 1.54) is 14.2 Å². The second-order valence-electron chi connectivity index (χ2n) is 3.56. The van der Waals surface area contributed by atoms with Crippen LogP contribution in [0.15, 0.2) is 35.9 Å². The molecule has 6 nitrogen and oxygen atoms in total. The van der Waals surface area contributed by atoms with E-state index >= 15 is 0 Å². The predicted octanol–water partition coefficient (Wildman–Crippen LogP) is 0.0316. The Kier molecular flexibility index (Phi) is 4.98. The summed E-state index contributed by atoms with van der Waals surface area (Å²) >= 11 is 0. The summed E-state index contributed by atoms with van der Waals surface area (Å²) in [5, 5.41) is 0. The van der Waals surface area contributed by atoms with Crippen LogP contribution in [0.5, 0.6) is 0 Å². The lowest BCUT2D eigenvalue weighted by Crippen LogP contribution is -2.34. The number of aromatic nitrogens is 2. The number of carbonyl (C=O) groups is 2. The van der Waals surface area contributed by atoms with Crippen molar-refractivity contribution < 1.29 is 23.6 Å².